The molecule has 0 amide bonds. The number of aliphatic imine (C=N–C) groups is 1. The number of hydrogen-bond donors (Lipinski definition) is 0. The fourth-order valence-electron chi connectivity index (χ4n) is 0.698. The molecule has 0 aliphatic carbocycles. The molecule has 1 atom stereocenters. The van der Waals surface area contributed by atoms with Gasteiger partial charge in [-0.2, -0.15) is 0 Å². The Morgan fingerprint density at radius 2 is 2.62 bits per heavy atom. The van der Waals surface area contributed by atoms with Gasteiger partial charge in [-0.25, -0.2) is 4.99 Å². The normalized spacial score (nSPS) is 28.5. The predicted molar refractivity (Wildman–Crippen MR) is 31.4 cm³/mol. The van der Waals surface area contributed by atoms with Crippen LogP contribution in [0.25, 0.3) is 0 Å². The first-order valence-corrected chi connectivity index (χ1v) is 2.76. The van der Waals surface area contributed by atoms with Crippen LogP contribution in [0.1, 0.15) is 13.3 Å². The highest BCUT2D eigenvalue weighted by molar-refractivity contribution is 5.47. The minimum absolute atomic E-state index is 0.245. The summed E-state index contributed by atoms with van der Waals surface area (Å²) in [4.78, 5) is 8.91. The lowest BCUT2D eigenvalue weighted by Gasteiger charge is -2.12. The molecule has 3 heteroatoms. The molecule has 1 rings (SSSR count). The minimum Gasteiger partial charge on any atom is -0.392 e. The topological polar surface area (TPSA) is 24.8 Å². The number of nitrogens with zero attached hydrogens (tertiary/aromatic N) is 2. The zero-order valence-corrected chi connectivity index (χ0v) is 5.16. The Morgan fingerprint density at radius 3 is 2.88 bits per heavy atom. The first-order valence-electron chi connectivity index (χ1n) is 2.76. The van der Waals surface area contributed by atoms with Crippen molar-refractivity contribution in [3.05, 3.63) is 0 Å². The summed E-state index contributed by atoms with van der Waals surface area (Å²) < 4.78 is 0. The number of hydrogen-bond acceptors (Lipinski definition) is 3. The maximum absolute atomic E-state index is 4.90. The molecule has 1 heterocycles. The van der Waals surface area contributed by atoms with Crippen LogP contribution in [0.3, 0.4) is 0 Å². The molecule has 0 spiro atoms. The van der Waals surface area contributed by atoms with E-state index in [1.807, 2.05) is 7.05 Å². The summed E-state index contributed by atoms with van der Waals surface area (Å²) in [6.45, 7) is 2.08. The van der Waals surface area contributed by atoms with Gasteiger partial charge in [0.25, 0.3) is 0 Å². The van der Waals surface area contributed by atoms with Gasteiger partial charge in [0.2, 0.25) is 0 Å². The molecule has 0 aromatic heterocycles. The number of rotatable bonds is 1. The van der Waals surface area contributed by atoms with E-state index in [0.717, 1.165) is 6.42 Å². The first-order chi connectivity index (χ1) is 3.84. The fraction of sp³-hybridized carbons (Fsp3) is 0.800. The van der Waals surface area contributed by atoms with Crippen LogP contribution in [-0.4, -0.2) is 24.7 Å². The van der Waals surface area contributed by atoms with E-state index in [4.69, 9.17) is 4.84 Å². The Balaban J connectivity index is 2.41. The van der Waals surface area contributed by atoms with Gasteiger partial charge in [0, 0.05) is 7.05 Å². The SMILES string of the molecule is CCC1N=CON1C. The van der Waals surface area contributed by atoms with Crippen LogP contribution >= 0.6 is 0 Å². The fourth-order valence-corrected chi connectivity index (χ4v) is 0.698. The van der Waals surface area contributed by atoms with E-state index in [1.165, 1.54) is 6.40 Å². The van der Waals surface area contributed by atoms with Gasteiger partial charge in [-0.05, 0) is 6.42 Å². The van der Waals surface area contributed by atoms with Crippen molar-refractivity contribution in [2.45, 2.75) is 19.5 Å². The molecular formula is C5H10N2O. The van der Waals surface area contributed by atoms with Gasteiger partial charge in [0.1, 0.15) is 6.17 Å². The average Bonchev–Trinajstić information content (AvgIpc) is 2.14. The Hall–Kier alpha value is -0.570. The van der Waals surface area contributed by atoms with E-state index in [1.54, 1.807) is 5.06 Å². The molecule has 0 aromatic carbocycles. The van der Waals surface area contributed by atoms with Crippen molar-refractivity contribution in [1.82, 2.24) is 5.06 Å². The molecule has 46 valence electrons. The van der Waals surface area contributed by atoms with Crippen LogP contribution < -0.4 is 0 Å². The Morgan fingerprint density at radius 1 is 1.88 bits per heavy atom. The maximum atomic E-state index is 4.90. The molecule has 0 bridgehead atoms. The summed E-state index contributed by atoms with van der Waals surface area (Å²) in [5.74, 6) is 0. The van der Waals surface area contributed by atoms with Crippen molar-refractivity contribution in [3.63, 3.8) is 0 Å². The molecule has 0 fully saturated rings. The molecule has 8 heavy (non-hydrogen) atoms. The summed E-state index contributed by atoms with van der Waals surface area (Å²) in [6, 6.07) is 0. The van der Waals surface area contributed by atoms with E-state index in [2.05, 4.69) is 11.9 Å². The summed E-state index contributed by atoms with van der Waals surface area (Å²) in [5.41, 5.74) is 0. The molecule has 0 saturated carbocycles. The summed E-state index contributed by atoms with van der Waals surface area (Å²) in [6.07, 6.45) is 2.73. The Bertz CT molecular complexity index is 103. The highest BCUT2D eigenvalue weighted by atomic mass is 16.7. The third kappa shape index (κ3) is 0.816. The van der Waals surface area contributed by atoms with Crippen LogP contribution in [0.2, 0.25) is 0 Å². The largest absolute Gasteiger partial charge is 0.392 e. The molecule has 1 aliphatic heterocycles. The van der Waals surface area contributed by atoms with Crippen LogP contribution in [0, 0.1) is 0 Å². The second-order valence-corrected chi connectivity index (χ2v) is 1.79. The molecule has 3 nitrogen and oxygen atoms in total. The minimum atomic E-state index is 0.245. The van der Waals surface area contributed by atoms with Gasteiger partial charge in [0.15, 0.2) is 6.40 Å². The van der Waals surface area contributed by atoms with E-state index in [0.29, 0.717) is 0 Å². The lowest BCUT2D eigenvalue weighted by Crippen LogP contribution is -2.22. The van der Waals surface area contributed by atoms with Crippen LogP contribution in [-0.2, 0) is 4.84 Å². The van der Waals surface area contributed by atoms with Crippen molar-refractivity contribution in [2.75, 3.05) is 7.05 Å². The zero-order valence-electron chi connectivity index (χ0n) is 5.16. The molecular weight excluding hydrogens is 104 g/mol. The summed E-state index contributed by atoms with van der Waals surface area (Å²) in [7, 11) is 1.88. The Kier molecular flexibility index (Phi) is 1.48. The monoisotopic (exact) mass is 114 g/mol. The second kappa shape index (κ2) is 2.13. The lowest BCUT2D eigenvalue weighted by atomic mass is 10.4. The average molecular weight is 114 g/mol. The highest BCUT2D eigenvalue weighted by Gasteiger charge is 2.14. The van der Waals surface area contributed by atoms with Gasteiger partial charge >= 0.3 is 0 Å². The maximum Gasteiger partial charge on any atom is 0.198 e. The number of hydroxylamine groups is 2. The lowest BCUT2D eigenvalue weighted by molar-refractivity contribution is -0.0520. The molecule has 1 aliphatic rings. The van der Waals surface area contributed by atoms with E-state index in [9.17, 15) is 0 Å². The van der Waals surface area contributed by atoms with Gasteiger partial charge in [0.05, 0.1) is 0 Å². The van der Waals surface area contributed by atoms with E-state index < -0.39 is 0 Å². The molecule has 1 unspecified atom stereocenters. The third-order valence-electron chi connectivity index (χ3n) is 1.23. The summed E-state index contributed by atoms with van der Waals surface area (Å²) in [5, 5.41) is 1.74. The van der Waals surface area contributed by atoms with E-state index >= 15 is 0 Å². The second-order valence-electron chi connectivity index (χ2n) is 1.79. The van der Waals surface area contributed by atoms with Gasteiger partial charge < -0.3 is 4.84 Å². The van der Waals surface area contributed by atoms with Gasteiger partial charge in [-0.15, -0.1) is 5.06 Å². The standard InChI is InChI=1S/C5H10N2O/c1-3-5-6-4-8-7(5)2/h4-5H,3H2,1-2H3. The van der Waals surface area contributed by atoms with Crippen molar-refractivity contribution < 1.29 is 4.84 Å². The Labute approximate surface area is 48.9 Å². The molecule has 0 aromatic rings. The molecule has 0 radical (unpaired) electrons. The molecule has 0 N–H and O–H groups in total. The third-order valence-corrected chi connectivity index (χ3v) is 1.23. The predicted octanol–water partition coefficient (Wildman–Crippen LogP) is 0.628. The molecule has 0 saturated heterocycles. The zero-order chi connectivity index (χ0) is 5.98. The smallest absolute Gasteiger partial charge is 0.198 e. The van der Waals surface area contributed by atoms with Crippen molar-refractivity contribution in [1.29, 1.82) is 0 Å². The van der Waals surface area contributed by atoms with Crippen molar-refractivity contribution in [3.8, 4) is 0 Å². The highest BCUT2D eigenvalue weighted by Crippen LogP contribution is 2.06. The van der Waals surface area contributed by atoms with E-state index in [-0.39, 0.29) is 6.17 Å². The van der Waals surface area contributed by atoms with Crippen molar-refractivity contribution >= 4 is 6.40 Å². The summed E-state index contributed by atoms with van der Waals surface area (Å²) >= 11 is 0. The van der Waals surface area contributed by atoms with Crippen LogP contribution in [0.5, 0.6) is 0 Å². The van der Waals surface area contributed by atoms with Crippen molar-refractivity contribution in [2.24, 2.45) is 4.99 Å². The van der Waals surface area contributed by atoms with Gasteiger partial charge in [-0.3, -0.25) is 0 Å². The quantitative estimate of drug-likeness (QED) is 0.499. The van der Waals surface area contributed by atoms with Crippen LogP contribution in [0.15, 0.2) is 4.99 Å². The first kappa shape index (κ1) is 5.56. The van der Waals surface area contributed by atoms with Gasteiger partial charge in [-0.1, -0.05) is 6.92 Å². The van der Waals surface area contributed by atoms with Crippen LogP contribution in [0.4, 0.5) is 0 Å².